The van der Waals surface area contributed by atoms with E-state index in [-0.39, 0.29) is 18.5 Å². The number of hydrogen-bond donors (Lipinski definition) is 2. The van der Waals surface area contributed by atoms with Crippen molar-refractivity contribution in [2.75, 3.05) is 18.6 Å². The molecule has 0 aliphatic rings. The molecule has 2 aromatic carbocycles. The van der Waals surface area contributed by atoms with E-state index in [1.54, 1.807) is 23.1 Å². The minimum absolute atomic E-state index is 0.156. The fourth-order valence-corrected chi connectivity index (χ4v) is 4.17. The number of halogens is 1. The van der Waals surface area contributed by atoms with Crippen molar-refractivity contribution < 1.29 is 14.0 Å². The van der Waals surface area contributed by atoms with Gasteiger partial charge in [0.15, 0.2) is 0 Å². The Bertz CT molecular complexity index is 926. The van der Waals surface area contributed by atoms with Crippen molar-refractivity contribution in [3.63, 3.8) is 0 Å². The maximum Gasteiger partial charge on any atom is 0.251 e. The zero-order chi connectivity index (χ0) is 19.9. The first-order valence-electron chi connectivity index (χ1n) is 8.74. The van der Waals surface area contributed by atoms with Gasteiger partial charge in [0.1, 0.15) is 10.8 Å². The number of aromatic nitrogens is 1. The van der Waals surface area contributed by atoms with Crippen molar-refractivity contribution >= 4 is 45.1 Å². The van der Waals surface area contributed by atoms with Gasteiger partial charge in [0, 0.05) is 5.56 Å². The van der Waals surface area contributed by atoms with Gasteiger partial charge in [0.25, 0.3) is 5.91 Å². The highest BCUT2D eigenvalue weighted by atomic mass is 32.2. The molecule has 8 heteroatoms. The number of para-hydroxylation sites is 1. The van der Waals surface area contributed by atoms with Crippen molar-refractivity contribution in [2.45, 2.75) is 12.5 Å². The van der Waals surface area contributed by atoms with Gasteiger partial charge in [-0.2, -0.15) is 11.8 Å². The first-order valence-corrected chi connectivity index (χ1v) is 11.0. The Labute approximate surface area is 170 Å². The van der Waals surface area contributed by atoms with Crippen LogP contribution < -0.4 is 10.6 Å². The summed E-state index contributed by atoms with van der Waals surface area (Å²) < 4.78 is 14.0. The molecule has 0 unspecified atom stereocenters. The topological polar surface area (TPSA) is 71.1 Å². The molecule has 0 fully saturated rings. The lowest BCUT2D eigenvalue weighted by Crippen LogP contribution is -2.38. The van der Waals surface area contributed by atoms with Gasteiger partial charge >= 0.3 is 0 Å². The van der Waals surface area contributed by atoms with Crippen LogP contribution >= 0.6 is 23.1 Å². The third-order valence-corrected chi connectivity index (χ3v) is 5.86. The Morgan fingerprint density at radius 3 is 2.64 bits per heavy atom. The minimum atomic E-state index is -0.421. The second-order valence-corrected chi connectivity index (χ2v) is 8.16. The van der Waals surface area contributed by atoms with Crippen LogP contribution in [0.25, 0.3) is 10.2 Å². The Kier molecular flexibility index (Phi) is 7.00. The number of carbonyl (C=O) groups is 2. The van der Waals surface area contributed by atoms with Crippen molar-refractivity contribution in [1.82, 2.24) is 15.6 Å². The number of thiazole rings is 1. The summed E-state index contributed by atoms with van der Waals surface area (Å²) in [6.07, 6.45) is 2.76. The summed E-state index contributed by atoms with van der Waals surface area (Å²) in [6.45, 7) is -0.156. The van der Waals surface area contributed by atoms with Crippen LogP contribution in [0.3, 0.4) is 0 Å². The number of nitrogens with one attached hydrogen (secondary N) is 2. The molecule has 0 bridgehead atoms. The van der Waals surface area contributed by atoms with E-state index < -0.39 is 11.7 Å². The van der Waals surface area contributed by atoms with Gasteiger partial charge in [-0.1, -0.05) is 12.1 Å². The van der Waals surface area contributed by atoms with Crippen molar-refractivity contribution in [3.05, 3.63) is 64.9 Å². The van der Waals surface area contributed by atoms with Crippen LogP contribution in [0.4, 0.5) is 4.39 Å². The van der Waals surface area contributed by atoms with Gasteiger partial charge in [0.05, 0.1) is 22.8 Å². The summed E-state index contributed by atoms with van der Waals surface area (Å²) in [5.74, 6) is -0.249. The third kappa shape index (κ3) is 5.30. The molecule has 0 saturated carbocycles. The molecule has 0 radical (unpaired) electrons. The van der Waals surface area contributed by atoms with Gasteiger partial charge in [-0.25, -0.2) is 9.37 Å². The van der Waals surface area contributed by atoms with E-state index in [4.69, 9.17) is 0 Å². The van der Waals surface area contributed by atoms with Crippen LogP contribution in [-0.4, -0.2) is 35.4 Å². The molecule has 5 nitrogen and oxygen atoms in total. The molecular formula is C20H20FN3O2S2. The number of amides is 2. The zero-order valence-corrected chi connectivity index (χ0v) is 16.9. The number of thioether (sulfide) groups is 1. The number of rotatable bonds is 8. The summed E-state index contributed by atoms with van der Waals surface area (Å²) in [5.41, 5.74) is 1.22. The molecule has 2 N–H and O–H groups in total. The van der Waals surface area contributed by atoms with E-state index in [0.29, 0.717) is 5.56 Å². The van der Waals surface area contributed by atoms with Gasteiger partial charge in [-0.05, 0) is 54.8 Å². The molecule has 3 aromatic rings. The molecule has 3 rings (SSSR count). The van der Waals surface area contributed by atoms with E-state index in [9.17, 15) is 14.0 Å². The van der Waals surface area contributed by atoms with Crippen LogP contribution in [0.1, 0.15) is 27.8 Å². The predicted octanol–water partition coefficient (Wildman–Crippen LogP) is 3.78. The molecule has 1 atom stereocenters. The van der Waals surface area contributed by atoms with Crippen LogP contribution in [-0.2, 0) is 4.79 Å². The average molecular weight is 418 g/mol. The fraction of sp³-hybridized carbons (Fsp3) is 0.250. The molecular weight excluding hydrogens is 397 g/mol. The highest BCUT2D eigenvalue weighted by Gasteiger charge is 2.19. The SMILES string of the molecule is CSCC[C@H](NC(=O)CNC(=O)c1ccc(F)cc1)c1nc2ccccc2s1. The quantitative estimate of drug-likeness (QED) is 0.585. The number of fused-ring (bicyclic) bond motifs is 1. The second-order valence-electron chi connectivity index (χ2n) is 6.11. The first kappa shape index (κ1) is 20.3. The number of benzene rings is 2. The van der Waals surface area contributed by atoms with Crippen LogP contribution in [0, 0.1) is 5.82 Å². The van der Waals surface area contributed by atoms with E-state index in [0.717, 1.165) is 27.4 Å². The van der Waals surface area contributed by atoms with Crippen molar-refractivity contribution in [1.29, 1.82) is 0 Å². The smallest absolute Gasteiger partial charge is 0.251 e. The molecule has 0 aliphatic carbocycles. The summed E-state index contributed by atoms with van der Waals surface area (Å²) in [5, 5.41) is 6.38. The largest absolute Gasteiger partial charge is 0.345 e. The normalized spacial score (nSPS) is 11.9. The third-order valence-electron chi connectivity index (χ3n) is 4.07. The first-order chi connectivity index (χ1) is 13.6. The monoisotopic (exact) mass is 417 g/mol. The number of hydrogen-bond acceptors (Lipinski definition) is 5. The van der Waals surface area contributed by atoms with Gasteiger partial charge in [-0.15, -0.1) is 11.3 Å². The predicted molar refractivity (Wildman–Crippen MR) is 112 cm³/mol. The lowest BCUT2D eigenvalue weighted by Gasteiger charge is -2.16. The van der Waals surface area contributed by atoms with Crippen LogP contribution in [0.15, 0.2) is 48.5 Å². The standard InChI is InChI=1S/C20H20FN3O2S2/c1-27-11-10-16(20-24-15-4-2-3-5-17(15)28-20)23-18(25)12-22-19(26)13-6-8-14(21)9-7-13/h2-9,16H,10-12H2,1H3,(H,22,26)(H,23,25)/t16-/m0/s1. The Morgan fingerprint density at radius 2 is 1.93 bits per heavy atom. The highest BCUT2D eigenvalue weighted by molar-refractivity contribution is 7.98. The Morgan fingerprint density at radius 1 is 1.18 bits per heavy atom. The van der Waals surface area contributed by atoms with Crippen LogP contribution in [0.2, 0.25) is 0 Å². The zero-order valence-electron chi connectivity index (χ0n) is 15.3. The number of nitrogens with zero attached hydrogens (tertiary/aromatic N) is 1. The van der Waals surface area contributed by atoms with E-state index in [1.807, 2.05) is 30.5 Å². The molecule has 1 heterocycles. The maximum absolute atomic E-state index is 12.9. The molecule has 146 valence electrons. The van der Waals surface area contributed by atoms with E-state index in [2.05, 4.69) is 15.6 Å². The van der Waals surface area contributed by atoms with E-state index in [1.165, 1.54) is 24.3 Å². The average Bonchev–Trinajstić information content (AvgIpc) is 3.14. The van der Waals surface area contributed by atoms with Gasteiger partial charge in [0.2, 0.25) is 5.91 Å². The molecule has 0 aliphatic heterocycles. The highest BCUT2D eigenvalue weighted by Crippen LogP contribution is 2.28. The Balaban J connectivity index is 1.62. The summed E-state index contributed by atoms with van der Waals surface area (Å²) >= 11 is 3.26. The molecule has 0 spiro atoms. The maximum atomic E-state index is 12.9. The summed E-state index contributed by atoms with van der Waals surface area (Å²) in [6, 6.07) is 12.8. The molecule has 0 saturated heterocycles. The van der Waals surface area contributed by atoms with Gasteiger partial charge < -0.3 is 10.6 Å². The molecule has 28 heavy (non-hydrogen) atoms. The summed E-state index contributed by atoms with van der Waals surface area (Å²) in [7, 11) is 0. The molecule has 2 amide bonds. The van der Waals surface area contributed by atoms with Crippen molar-refractivity contribution in [2.24, 2.45) is 0 Å². The lowest BCUT2D eigenvalue weighted by atomic mass is 10.2. The lowest BCUT2D eigenvalue weighted by molar-refractivity contribution is -0.120. The summed E-state index contributed by atoms with van der Waals surface area (Å²) in [4.78, 5) is 29.1. The fourth-order valence-electron chi connectivity index (χ4n) is 2.64. The Hall–Kier alpha value is -2.45. The molecule has 1 aromatic heterocycles. The second kappa shape index (κ2) is 9.66. The van der Waals surface area contributed by atoms with E-state index >= 15 is 0 Å². The number of carbonyl (C=O) groups excluding carboxylic acids is 2. The minimum Gasteiger partial charge on any atom is -0.345 e. The van der Waals surface area contributed by atoms with Gasteiger partial charge in [-0.3, -0.25) is 9.59 Å². The van der Waals surface area contributed by atoms with Crippen LogP contribution in [0.5, 0.6) is 0 Å². The van der Waals surface area contributed by atoms with Crippen molar-refractivity contribution in [3.8, 4) is 0 Å².